The normalized spacial score (nSPS) is 12.1. The van der Waals surface area contributed by atoms with Crippen LogP contribution in [0.3, 0.4) is 0 Å². The Kier molecular flexibility index (Phi) is 5.27. The Balaban J connectivity index is 2.01. The van der Waals surface area contributed by atoms with Crippen molar-refractivity contribution in [3.05, 3.63) is 41.4 Å². The largest absolute Gasteiger partial charge is 0.480 e. The molecule has 0 aliphatic carbocycles. The zero-order valence-electron chi connectivity index (χ0n) is 12.4. The summed E-state index contributed by atoms with van der Waals surface area (Å²) in [7, 11) is 0. The summed E-state index contributed by atoms with van der Waals surface area (Å²) >= 11 is 1.47. The third-order valence-corrected chi connectivity index (χ3v) is 4.10. The minimum Gasteiger partial charge on any atom is -0.480 e. The molecular formula is C16H18N2O3S. The molecule has 0 radical (unpaired) electrons. The second kappa shape index (κ2) is 7.17. The SMILES string of the molecule is CC(C)[C@@H](NC(=O)Cc1csc(-c2ccccc2)n1)C(=O)O. The first-order valence-corrected chi connectivity index (χ1v) is 7.87. The van der Waals surface area contributed by atoms with Crippen molar-refractivity contribution >= 4 is 23.2 Å². The summed E-state index contributed by atoms with van der Waals surface area (Å²) in [4.78, 5) is 27.5. The van der Waals surface area contributed by atoms with Gasteiger partial charge in [-0.1, -0.05) is 44.2 Å². The van der Waals surface area contributed by atoms with Gasteiger partial charge in [0.2, 0.25) is 5.91 Å². The lowest BCUT2D eigenvalue weighted by molar-refractivity contribution is -0.143. The average Bonchev–Trinajstić information content (AvgIpc) is 2.93. The van der Waals surface area contributed by atoms with Crippen LogP contribution in [0.1, 0.15) is 19.5 Å². The van der Waals surface area contributed by atoms with E-state index in [1.54, 1.807) is 13.8 Å². The highest BCUT2D eigenvalue weighted by molar-refractivity contribution is 7.13. The van der Waals surface area contributed by atoms with Gasteiger partial charge in [-0.15, -0.1) is 11.3 Å². The summed E-state index contributed by atoms with van der Waals surface area (Å²) in [6.45, 7) is 3.52. The fourth-order valence-electron chi connectivity index (χ4n) is 2.00. The van der Waals surface area contributed by atoms with Gasteiger partial charge in [-0.25, -0.2) is 9.78 Å². The molecule has 0 spiro atoms. The van der Waals surface area contributed by atoms with Gasteiger partial charge in [0.1, 0.15) is 11.0 Å². The predicted octanol–water partition coefficient (Wildman–Crippen LogP) is 2.58. The fraction of sp³-hybridized carbons (Fsp3) is 0.312. The summed E-state index contributed by atoms with van der Waals surface area (Å²) in [6.07, 6.45) is 0.0832. The van der Waals surface area contributed by atoms with Gasteiger partial charge < -0.3 is 10.4 Å². The maximum absolute atomic E-state index is 12.0. The van der Waals surface area contributed by atoms with Crippen LogP contribution in [0, 0.1) is 5.92 Å². The summed E-state index contributed by atoms with van der Waals surface area (Å²) in [5.41, 5.74) is 1.65. The number of benzene rings is 1. The van der Waals surface area contributed by atoms with Gasteiger partial charge in [-0.05, 0) is 5.92 Å². The van der Waals surface area contributed by atoms with Crippen LogP contribution in [-0.2, 0) is 16.0 Å². The van der Waals surface area contributed by atoms with Gasteiger partial charge in [0.25, 0.3) is 0 Å². The minimum atomic E-state index is -1.02. The number of hydrogen-bond acceptors (Lipinski definition) is 4. The number of carboxylic acids is 1. The van der Waals surface area contributed by atoms with Gasteiger partial charge >= 0.3 is 5.97 Å². The number of hydrogen-bond donors (Lipinski definition) is 2. The van der Waals surface area contributed by atoms with Gasteiger partial charge in [-0.2, -0.15) is 0 Å². The van der Waals surface area contributed by atoms with E-state index in [2.05, 4.69) is 10.3 Å². The molecule has 0 fully saturated rings. The van der Waals surface area contributed by atoms with E-state index in [0.717, 1.165) is 10.6 Å². The van der Waals surface area contributed by atoms with Crippen molar-refractivity contribution in [1.82, 2.24) is 10.3 Å². The van der Waals surface area contributed by atoms with E-state index in [1.807, 2.05) is 35.7 Å². The third kappa shape index (κ3) is 4.14. The number of thiazole rings is 1. The number of nitrogens with zero attached hydrogens (tertiary/aromatic N) is 1. The molecule has 0 bridgehead atoms. The first-order valence-electron chi connectivity index (χ1n) is 6.99. The van der Waals surface area contributed by atoms with Gasteiger partial charge in [-0.3, -0.25) is 4.79 Å². The van der Waals surface area contributed by atoms with Gasteiger partial charge in [0, 0.05) is 10.9 Å². The molecule has 1 amide bonds. The highest BCUT2D eigenvalue weighted by Gasteiger charge is 2.23. The first kappa shape index (κ1) is 16.2. The summed E-state index contributed by atoms with van der Waals surface area (Å²) in [6, 6.07) is 8.85. The zero-order valence-corrected chi connectivity index (χ0v) is 13.3. The molecule has 0 aliphatic rings. The molecule has 1 aromatic carbocycles. The smallest absolute Gasteiger partial charge is 0.326 e. The topological polar surface area (TPSA) is 79.3 Å². The van der Waals surface area contributed by atoms with Crippen molar-refractivity contribution in [2.75, 3.05) is 0 Å². The van der Waals surface area contributed by atoms with Crippen molar-refractivity contribution in [1.29, 1.82) is 0 Å². The molecule has 116 valence electrons. The molecule has 2 aromatic rings. The number of carbonyl (C=O) groups excluding carboxylic acids is 1. The fourth-order valence-corrected chi connectivity index (χ4v) is 2.83. The molecule has 6 heteroatoms. The molecule has 2 N–H and O–H groups in total. The Labute approximate surface area is 133 Å². The standard InChI is InChI=1S/C16H18N2O3S/c1-10(2)14(16(20)21)18-13(19)8-12-9-22-15(17-12)11-6-4-3-5-7-11/h3-7,9-10,14H,8H2,1-2H3,(H,18,19)(H,20,21)/t14-/m1/s1. The van der Waals surface area contributed by atoms with Crippen LogP contribution in [0.15, 0.2) is 35.7 Å². The van der Waals surface area contributed by atoms with Crippen molar-refractivity contribution < 1.29 is 14.7 Å². The van der Waals surface area contributed by atoms with E-state index in [-0.39, 0.29) is 18.2 Å². The number of carbonyl (C=O) groups is 2. The van der Waals surface area contributed by atoms with Crippen LogP contribution < -0.4 is 5.32 Å². The molecule has 5 nitrogen and oxygen atoms in total. The van der Waals surface area contributed by atoms with E-state index in [4.69, 9.17) is 5.11 Å². The number of carboxylic acid groups (broad SMARTS) is 1. The van der Waals surface area contributed by atoms with E-state index >= 15 is 0 Å². The van der Waals surface area contributed by atoms with Crippen LogP contribution in [-0.4, -0.2) is 28.0 Å². The van der Waals surface area contributed by atoms with E-state index in [9.17, 15) is 9.59 Å². The van der Waals surface area contributed by atoms with E-state index < -0.39 is 12.0 Å². The van der Waals surface area contributed by atoms with Gasteiger partial charge in [0.05, 0.1) is 12.1 Å². The van der Waals surface area contributed by atoms with Crippen molar-refractivity contribution in [3.63, 3.8) is 0 Å². The molecule has 22 heavy (non-hydrogen) atoms. The summed E-state index contributed by atoms with van der Waals surface area (Å²) < 4.78 is 0. The lowest BCUT2D eigenvalue weighted by Crippen LogP contribution is -2.44. The number of aromatic nitrogens is 1. The second-order valence-corrected chi connectivity index (χ2v) is 6.17. The third-order valence-electron chi connectivity index (χ3n) is 3.16. The van der Waals surface area contributed by atoms with Crippen LogP contribution in [0.2, 0.25) is 0 Å². The monoisotopic (exact) mass is 318 g/mol. The molecule has 0 unspecified atom stereocenters. The molecule has 1 aromatic heterocycles. The van der Waals surface area contributed by atoms with Crippen LogP contribution >= 0.6 is 11.3 Å². The Morgan fingerprint density at radius 1 is 1.27 bits per heavy atom. The Morgan fingerprint density at radius 2 is 1.95 bits per heavy atom. The lowest BCUT2D eigenvalue weighted by Gasteiger charge is -2.17. The zero-order chi connectivity index (χ0) is 16.1. The molecule has 0 saturated carbocycles. The Bertz CT molecular complexity index is 652. The Hall–Kier alpha value is -2.21. The Morgan fingerprint density at radius 3 is 2.55 bits per heavy atom. The quantitative estimate of drug-likeness (QED) is 0.858. The van der Waals surface area contributed by atoms with Crippen LogP contribution in [0.25, 0.3) is 10.6 Å². The molecule has 1 atom stereocenters. The molecule has 0 saturated heterocycles. The first-order chi connectivity index (χ1) is 10.5. The van der Waals surface area contributed by atoms with Gasteiger partial charge in [0.15, 0.2) is 0 Å². The van der Waals surface area contributed by atoms with E-state index in [0.29, 0.717) is 5.69 Å². The maximum Gasteiger partial charge on any atom is 0.326 e. The number of nitrogens with one attached hydrogen (secondary N) is 1. The van der Waals surface area contributed by atoms with Crippen molar-refractivity contribution in [2.24, 2.45) is 5.92 Å². The lowest BCUT2D eigenvalue weighted by atomic mass is 10.0. The number of aliphatic carboxylic acids is 1. The molecular weight excluding hydrogens is 300 g/mol. The maximum atomic E-state index is 12.0. The van der Waals surface area contributed by atoms with Crippen LogP contribution in [0.4, 0.5) is 0 Å². The molecule has 2 rings (SSSR count). The number of rotatable bonds is 6. The highest BCUT2D eigenvalue weighted by Crippen LogP contribution is 2.23. The number of amides is 1. The highest BCUT2D eigenvalue weighted by atomic mass is 32.1. The summed E-state index contributed by atoms with van der Waals surface area (Å²) in [5.74, 6) is -1.52. The molecule has 1 heterocycles. The second-order valence-electron chi connectivity index (χ2n) is 5.31. The predicted molar refractivity (Wildman–Crippen MR) is 85.7 cm³/mol. The summed E-state index contributed by atoms with van der Waals surface area (Å²) in [5, 5.41) is 14.3. The van der Waals surface area contributed by atoms with Crippen molar-refractivity contribution in [3.8, 4) is 10.6 Å². The van der Waals surface area contributed by atoms with Crippen molar-refractivity contribution in [2.45, 2.75) is 26.3 Å². The average molecular weight is 318 g/mol. The van der Waals surface area contributed by atoms with E-state index in [1.165, 1.54) is 11.3 Å². The van der Waals surface area contributed by atoms with Crippen LogP contribution in [0.5, 0.6) is 0 Å². The minimum absolute atomic E-state index is 0.0832. The molecule has 0 aliphatic heterocycles.